The van der Waals surface area contributed by atoms with E-state index in [1.165, 1.54) is 20.3 Å². The smallest absolute Gasteiger partial charge is 0.329 e. The molecule has 4 amide bonds. The quantitative estimate of drug-likeness (QED) is 0.222. The van der Waals surface area contributed by atoms with E-state index < -0.39 is 24.4 Å². The zero-order chi connectivity index (χ0) is 24.0. The van der Waals surface area contributed by atoms with E-state index in [-0.39, 0.29) is 12.3 Å². The van der Waals surface area contributed by atoms with Gasteiger partial charge in [0.25, 0.3) is 5.91 Å². The number of benzene rings is 2. The molecule has 0 aliphatic carbocycles. The first-order valence-corrected chi connectivity index (χ1v) is 10.7. The summed E-state index contributed by atoms with van der Waals surface area (Å²) in [6, 6.07) is 9.52. The van der Waals surface area contributed by atoms with Crippen LogP contribution in [0.5, 0.6) is 17.2 Å². The number of amides is 4. The summed E-state index contributed by atoms with van der Waals surface area (Å²) in [4.78, 5) is 38.4. The lowest BCUT2D eigenvalue weighted by Gasteiger charge is -2.13. The van der Waals surface area contributed by atoms with Crippen LogP contribution in [0.25, 0.3) is 6.08 Å². The van der Waals surface area contributed by atoms with Crippen LogP contribution in [0.1, 0.15) is 5.56 Å². The molecule has 3 rings (SSSR count). The number of terminal acetylenes is 1. The van der Waals surface area contributed by atoms with Crippen LogP contribution in [0, 0.1) is 15.9 Å². The van der Waals surface area contributed by atoms with Crippen LogP contribution in [-0.2, 0) is 9.59 Å². The molecule has 1 heterocycles. The highest BCUT2D eigenvalue weighted by molar-refractivity contribution is 14.1. The van der Waals surface area contributed by atoms with Crippen molar-refractivity contribution in [2.24, 2.45) is 0 Å². The van der Waals surface area contributed by atoms with Crippen LogP contribution >= 0.6 is 22.6 Å². The van der Waals surface area contributed by atoms with Crippen LogP contribution in [0.3, 0.4) is 0 Å². The van der Waals surface area contributed by atoms with Crippen molar-refractivity contribution in [3.63, 3.8) is 0 Å². The zero-order valence-corrected chi connectivity index (χ0v) is 20.0. The molecule has 0 bridgehead atoms. The van der Waals surface area contributed by atoms with Gasteiger partial charge < -0.3 is 24.8 Å². The van der Waals surface area contributed by atoms with Gasteiger partial charge in [0.1, 0.15) is 24.6 Å². The lowest BCUT2D eigenvalue weighted by atomic mass is 10.1. The minimum Gasteiger partial charge on any atom is -0.495 e. The van der Waals surface area contributed by atoms with Crippen molar-refractivity contribution < 1.29 is 28.6 Å². The second-order valence-corrected chi connectivity index (χ2v) is 7.82. The van der Waals surface area contributed by atoms with E-state index in [1.54, 1.807) is 36.4 Å². The average molecular weight is 561 g/mol. The van der Waals surface area contributed by atoms with Crippen LogP contribution in [0.15, 0.2) is 42.1 Å². The van der Waals surface area contributed by atoms with Gasteiger partial charge in [-0.25, -0.2) is 9.69 Å². The molecule has 33 heavy (non-hydrogen) atoms. The van der Waals surface area contributed by atoms with Gasteiger partial charge in [0.15, 0.2) is 11.5 Å². The molecule has 0 atom stereocenters. The Morgan fingerprint density at radius 2 is 1.94 bits per heavy atom. The van der Waals surface area contributed by atoms with Gasteiger partial charge in [-0.1, -0.05) is 18.1 Å². The average Bonchev–Trinajstić information content (AvgIpc) is 3.05. The Kier molecular flexibility index (Phi) is 7.78. The number of halogens is 1. The third kappa shape index (κ3) is 5.56. The van der Waals surface area contributed by atoms with Gasteiger partial charge >= 0.3 is 6.03 Å². The van der Waals surface area contributed by atoms with E-state index in [0.717, 1.165) is 4.90 Å². The maximum absolute atomic E-state index is 12.8. The molecule has 0 saturated carbocycles. The van der Waals surface area contributed by atoms with E-state index in [1.807, 2.05) is 0 Å². The summed E-state index contributed by atoms with van der Waals surface area (Å²) in [5.74, 6) is 2.58. The summed E-state index contributed by atoms with van der Waals surface area (Å²) in [5, 5.41) is 5.13. The van der Waals surface area contributed by atoms with Gasteiger partial charge in [-0.05, 0) is 58.5 Å². The lowest BCUT2D eigenvalue weighted by Crippen LogP contribution is -2.38. The molecule has 0 aromatic heterocycles. The molecule has 1 saturated heterocycles. The normalized spacial score (nSPS) is 14.0. The molecule has 170 valence electrons. The SMILES string of the molecule is C#CCOc1c(I)cc(/C=C2/NC(=O)N(CC(=O)Nc3ccccc3OC)C2=O)cc1OC. The molecule has 2 N–H and O–H groups in total. The summed E-state index contributed by atoms with van der Waals surface area (Å²) in [5.41, 5.74) is 1.05. The highest BCUT2D eigenvalue weighted by Crippen LogP contribution is 2.34. The predicted molar refractivity (Wildman–Crippen MR) is 130 cm³/mol. The van der Waals surface area contributed by atoms with Gasteiger partial charge in [-0.15, -0.1) is 6.42 Å². The third-order valence-electron chi connectivity index (χ3n) is 4.51. The number of carbonyl (C=O) groups excluding carboxylic acids is 3. The summed E-state index contributed by atoms with van der Waals surface area (Å²) in [6.07, 6.45) is 6.74. The number of carbonyl (C=O) groups is 3. The number of hydrogen-bond acceptors (Lipinski definition) is 6. The topological polar surface area (TPSA) is 106 Å². The molecular weight excluding hydrogens is 541 g/mol. The Hall–Kier alpha value is -3.72. The molecular formula is C23H20IN3O6. The summed E-state index contributed by atoms with van der Waals surface area (Å²) in [7, 11) is 2.96. The molecule has 1 aliphatic rings. The standard InChI is InChI=1S/C23H20IN3O6/c1-4-9-33-21-15(24)10-14(12-19(21)32-3)11-17-22(29)27(23(30)26-17)13-20(28)25-16-7-5-6-8-18(16)31-2/h1,5-8,10-12H,9,13H2,2-3H3,(H,25,28)(H,26,30)/b17-11+. The number of rotatable bonds is 8. The fourth-order valence-electron chi connectivity index (χ4n) is 3.04. The van der Waals surface area contributed by atoms with Crippen LogP contribution in [0.4, 0.5) is 10.5 Å². The number of nitrogens with one attached hydrogen (secondary N) is 2. The number of hydrogen-bond donors (Lipinski definition) is 2. The van der Waals surface area contributed by atoms with E-state index in [0.29, 0.717) is 32.1 Å². The monoisotopic (exact) mass is 561 g/mol. The number of methoxy groups -OCH3 is 2. The highest BCUT2D eigenvalue weighted by Gasteiger charge is 2.35. The van der Waals surface area contributed by atoms with Crippen molar-refractivity contribution in [1.82, 2.24) is 10.2 Å². The second-order valence-electron chi connectivity index (χ2n) is 6.65. The van der Waals surface area contributed by atoms with Crippen molar-refractivity contribution >= 4 is 52.2 Å². The molecule has 10 heteroatoms. The summed E-state index contributed by atoms with van der Waals surface area (Å²) in [6.45, 7) is -0.382. The molecule has 0 unspecified atom stereocenters. The number of para-hydroxylation sites is 2. The molecule has 0 spiro atoms. The highest BCUT2D eigenvalue weighted by atomic mass is 127. The number of nitrogens with zero attached hydrogens (tertiary/aromatic N) is 1. The first kappa shape index (κ1) is 23.9. The third-order valence-corrected chi connectivity index (χ3v) is 5.31. The Labute approximate surface area is 204 Å². The molecule has 2 aromatic carbocycles. The molecule has 1 fully saturated rings. The molecule has 0 radical (unpaired) electrons. The van der Waals surface area contributed by atoms with E-state index in [9.17, 15) is 14.4 Å². The van der Waals surface area contributed by atoms with Gasteiger partial charge in [-0.3, -0.25) is 9.59 Å². The number of urea groups is 1. The fourth-order valence-corrected chi connectivity index (χ4v) is 3.82. The van der Waals surface area contributed by atoms with Crippen LogP contribution < -0.4 is 24.8 Å². The maximum atomic E-state index is 12.8. The predicted octanol–water partition coefficient (Wildman–Crippen LogP) is 2.85. The Bertz CT molecular complexity index is 1170. The first-order valence-electron chi connectivity index (χ1n) is 9.59. The summed E-state index contributed by atoms with van der Waals surface area (Å²) < 4.78 is 16.8. The van der Waals surface area contributed by atoms with Gasteiger partial charge in [0.05, 0.1) is 23.5 Å². The molecule has 9 nitrogen and oxygen atoms in total. The van der Waals surface area contributed by atoms with Crippen molar-refractivity contribution in [3.05, 3.63) is 51.2 Å². The fraction of sp³-hybridized carbons (Fsp3) is 0.174. The van der Waals surface area contributed by atoms with Crippen molar-refractivity contribution in [3.8, 4) is 29.6 Å². The lowest BCUT2D eigenvalue weighted by molar-refractivity contribution is -0.127. The molecule has 2 aromatic rings. The number of ether oxygens (including phenoxy) is 3. The Balaban J connectivity index is 1.76. The second kappa shape index (κ2) is 10.7. The Morgan fingerprint density at radius 1 is 1.21 bits per heavy atom. The molecule has 1 aliphatic heterocycles. The van der Waals surface area contributed by atoms with Gasteiger partial charge in [-0.2, -0.15) is 0 Å². The van der Waals surface area contributed by atoms with Gasteiger partial charge in [0.2, 0.25) is 5.91 Å². The minimum atomic E-state index is -0.697. The van der Waals surface area contributed by atoms with Crippen LogP contribution in [0.2, 0.25) is 0 Å². The Morgan fingerprint density at radius 3 is 2.64 bits per heavy atom. The van der Waals surface area contributed by atoms with Crippen molar-refractivity contribution in [2.75, 3.05) is 32.7 Å². The minimum absolute atomic E-state index is 0.0280. The number of anilines is 1. The number of imide groups is 1. The van der Waals surface area contributed by atoms with Crippen LogP contribution in [-0.4, -0.2) is 50.1 Å². The maximum Gasteiger partial charge on any atom is 0.329 e. The van der Waals surface area contributed by atoms with Crippen molar-refractivity contribution in [2.45, 2.75) is 0 Å². The van der Waals surface area contributed by atoms with Crippen molar-refractivity contribution in [1.29, 1.82) is 0 Å². The summed E-state index contributed by atoms with van der Waals surface area (Å²) >= 11 is 2.06. The largest absolute Gasteiger partial charge is 0.495 e. The first-order chi connectivity index (χ1) is 15.9. The van der Waals surface area contributed by atoms with E-state index in [2.05, 4.69) is 39.1 Å². The van der Waals surface area contributed by atoms with E-state index >= 15 is 0 Å². The van der Waals surface area contributed by atoms with E-state index in [4.69, 9.17) is 20.6 Å². The van der Waals surface area contributed by atoms with Gasteiger partial charge in [0, 0.05) is 0 Å². The zero-order valence-electron chi connectivity index (χ0n) is 17.8.